The number of amides is 1. The number of nitrogens with one attached hydrogen (secondary N) is 3. The van der Waals surface area contributed by atoms with Gasteiger partial charge in [0.25, 0.3) is 0 Å². The topological polar surface area (TPSA) is 69.5 Å². The summed E-state index contributed by atoms with van der Waals surface area (Å²) in [6, 6.07) is 11.5. The van der Waals surface area contributed by atoms with E-state index >= 15 is 0 Å². The van der Waals surface area contributed by atoms with E-state index in [4.69, 9.17) is 16.6 Å². The Bertz CT molecular complexity index is 798. The molecule has 0 aliphatic rings. The predicted octanol–water partition coefficient (Wildman–Crippen LogP) is 4.88. The molecule has 1 aromatic heterocycles. The fourth-order valence-electron chi connectivity index (χ4n) is 3.12. The second-order valence-corrected chi connectivity index (χ2v) is 7.70. The van der Waals surface area contributed by atoms with Gasteiger partial charge in [-0.15, -0.1) is 0 Å². The summed E-state index contributed by atoms with van der Waals surface area (Å²) < 4.78 is 5.77. The molecule has 0 saturated heterocycles. The maximum atomic E-state index is 12.4. The first-order valence-corrected chi connectivity index (χ1v) is 11.2. The van der Waals surface area contributed by atoms with Crippen LogP contribution in [0.1, 0.15) is 68.3 Å². The number of unbranched alkanes of at least 4 members (excludes halogenated alkanes) is 2. The van der Waals surface area contributed by atoms with Crippen LogP contribution in [0.5, 0.6) is 0 Å². The molecule has 0 fully saturated rings. The van der Waals surface area contributed by atoms with Crippen molar-refractivity contribution in [3.63, 3.8) is 0 Å². The molecule has 0 unspecified atom stereocenters. The number of hydrazine groups is 1. The Hall–Kier alpha value is -2.38. The third-order valence-electron chi connectivity index (χ3n) is 4.86. The van der Waals surface area contributed by atoms with Crippen LogP contribution in [-0.4, -0.2) is 29.0 Å². The fourth-order valence-corrected chi connectivity index (χ4v) is 3.28. The molecule has 0 bridgehead atoms. The smallest absolute Gasteiger partial charge is 0.305 e. The number of furan rings is 1. The monoisotopic (exact) mass is 430 g/mol. The number of thiocarbonyl (C=S) groups is 1. The van der Waals surface area contributed by atoms with Crippen molar-refractivity contribution in [2.75, 3.05) is 18.4 Å². The van der Waals surface area contributed by atoms with E-state index in [9.17, 15) is 4.79 Å². The number of carbonyl (C=O) groups is 1. The molecule has 0 radical (unpaired) electrons. The molecule has 0 aliphatic heterocycles. The van der Waals surface area contributed by atoms with Gasteiger partial charge in [0, 0.05) is 5.69 Å². The molecule has 2 aromatic rings. The summed E-state index contributed by atoms with van der Waals surface area (Å²) in [7, 11) is 0. The first-order chi connectivity index (χ1) is 14.6. The Morgan fingerprint density at radius 1 is 1.00 bits per heavy atom. The van der Waals surface area contributed by atoms with Crippen molar-refractivity contribution in [1.29, 1.82) is 0 Å². The second kappa shape index (κ2) is 13.0. The molecule has 0 spiro atoms. The predicted molar refractivity (Wildman–Crippen MR) is 126 cm³/mol. The zero-order chi connectivity index (χ0) is 21.8. The molecule has 1 aromatic carbocycles. The molecule has 0 saturated carbocycles. The highest BCUT2D eigenvalue weighted by atomic mass is 32.1. The SMILES string of the molecule is CCCCN(CCCC)Cc1ccc(C(=O)NNC(=S)Nc2ccccc2CC)o1. The number of anilines is 1. The Labute approximate surface area is 185 Å². The van der Waals surface area contributed by atoms with E-state index in [0.717, 1.165) is 62.2 Å². The van der Waals surface area contributed by atoms with Crippen LogP contribution in [0.2, 0.25) is 0 Å². The minimum absolute atomic E-state index is 0.264. The van der Waals surface area contributed by atoms with Crippen LogP contribution >= 0.6 is 12.2 Å². The van der Waals surface area contributed by atoms with Gasteiger partial charge in [0.05, 0.1) is 6.54 Å². The first-order valence-electron chi connectivity index (χ1n) is 10.8. The van der Waals surface area contributed by atoms with Crippen molar-refractivity contribution >= 4 is 28.9 Å². The largest absolute Gasteiger partial charge is 0.454 e. The number of benzene rings is 1. The van der Waals surface area contributed by atoms with Gasteiger partial charge in [-0.1, -0.05) is 51.8 Å². The molecule has 1 heterocycles. The van der Waals surface area contributed by atoms with Crippen molar-refractivity contribution in [3.8, 4) is 0 Å². The van der Waals surface area contributed by atoms with Gasteiger partial charge in [-0.05, 0) is 68.3 Å². The lowest BCUT2D eigenvalue weighted by Gasteiger charge is -2.20. The summed E-state index contributed by atoms with van der Waals surface area (Å²) in [5, 5.41) is 3.43. The van der Waals surface area contributed by atoms with Gasteiger partial charge in [-0.25, -0.2) is 0 Å². The minimum Gasteiger partial charge on any atom is -0.454 e. The lowest BCUT2D eigenvalue weighted by molar-refractivity contribution is 0.0912. The van der Waals surface area contributed by atoms with Crippen LogP contribution in [0.15, 0.2) is 40.8 Å². The maximum Gasteiger partial charge on any atom is 0.305 e. The average molecular weight is 431 g/mol. The van der Waals surface area contributed by atoms with Crippen molar-refractivity contribution in [1.82, 2.24) is 15.8 Å². The third kappa shape index (κ3) is 7.80. The third-order valence-corrected chi connectivity index (χ3v) is 5.06. The summed E-state index contributed by atoms with van der Waals surface area (Å²) >= 11 is 5.28. The fraction of sp³-hybridized carbons (Fsp3) is 0.478. The molecule has 6 nitrogen and oxygen atoms in total. The zero-order valence-corrected chi connectivity index (χ0v) is 19.1. The summed E-state index contributed by atoms with van der Waals surface area (Å²) in [5.74, 6) is 0.702. The summed E-state index contributed by atoms with van der Waals surface area (Å²) in [5.41, 5.74) is 7.40. The van der Waals surface area contributed by atoms with E-state index in [0.29, 0.717) is 11.7 Å². The summed E-state index contributed by atoms with van der Waals surface area (Å²) in [6.45, 7) is 9.27. The van der Waals surface area contributed by atoms with Gasteiger partial charge >= 0.3 is 5.91 Å². The lowest BCUT2D eigenvalue weighted by atomic mass is 10.1. The van der Waals surface area contributed by atoms with Crippen LogP contribution in [0.4, 0.5) is 5.69 Å². The number of hydrogen-bond acceptors (Lipinski definition) is 4. The Balaban J connectivity index is 1.85. The molecule has 1 amide bonds. The van der Waals surface area contributed by atoms with Crippen LogP contribution < -0.4 is 16.2 Å². The quantitative estimate of drug-likeness (QED) is 0.349. The molecule has 7 heteroatoms. The molecular weight excluding hydrogens is 396 g/mol. The van der Waals surface area contributed by atoms with Crippen molar-refractivity contribution in [2.24, 2.45) is 0 Å². The average Bonchev–Trinajstić information content (AvgIpc) is 3.23. The van der Waals surface area contributed by atoms with Crippen LogP contribution in [0, 0.1) is 0 Å². The zero-order valence-electron chi connectivity index (χ0n) is 18.3. The number of nitrogens with zero attached hydrogens (tertiary/aromatic N) is 1. The van der Waals surface area contributed by atoms with Gasteiger partial charge in [-0.2, -0.15) is 0 Å². The normalized spacial score (nSPS) is 10.8. The molecule has 164 valence electrons. The van der Waals surface area contributed by atoms with E-state index in [1.54, 1.807) is 6.07 Å². The molecular formula is C23H34N4O2S. The van der Waals surface area contributed by atoms with Crippen LogP contribution in [-0.2, 0) is 13.0 Å². The van der Waals surface area contributed by atoms with E-state index in [1.807, 2.05) is 30.3 Å². The highest BCUT2D eigenvalue weighted by Gasteiger charge is 2.14. The molecule has 2 rings (SSSR count). The number of hydrogen-bond donors (Lipinski definition) is 3. The Kier molecular flexibility index (Phi) is 10.4. The van der Waals surface area contributed by atoms with E-state index in [-0.39, 0.29) is 11.7 Å². The van der Waals surface area contributed by atoms with Gasteiger partial charge < -0.3 is 9.73 Å². The maximum absolute atomic E-state index is 12.4. The summed E-state index contributed by atoms with van der Waals surface area (Å²) in [6.07, 6.45) is 5.54. The highest BCUT2D eigenvalue weighted by molar-refractivity contribution is 7.80. The number of para-hydroxylation sites is 1. The number of carbonyl (C=O) groups excluding carboxylic acids is 1. The number of aryl methyl sites for hydroxylation is 1. The Morgan fingerprint density at radius 2 is 1.70 bits per heavy atom. The first kappa shape index (κ1) is 23.9. The van der Waals surface area contributed by atoms with Gasteiger partial charge in [-0.3, -0.25) is 20.5 Å². The van der Waals surface area contributed by atoms with Gasteiger partial charge in [0.15, 0.2) is 10.9 Å². The van der Waals surface area contributed by atoms with E-state index in [1.165, 1.54) is 0 Å². The van der Waals surface area contributed by atoms with Crippen molar-refractivity contribution < 1.29 is 9.21 Å². The Morgan fingerprint density at radius 3 is 2.37 bits per heavy atom. The minimum atomic E-state index is -0.358. The van der Waals surface area contributed by atoms with Gasteiger partial charge in [0.1, 0.15) is 5.76 Å². The molecule has 30 heavy (non-hydrogen) atoms. The lowest BCUT2D eigenvalue weighted by Crippen LogP contribution is -2.43. The second-order valence-electron chi connectivity index (χ2n) is 7.29. The molecule has 0 atom stereocenters. The van der Waals surface area contributed by atoms with E-state index < -0.39 is 0 Å². The van der Waals surface area contributed by atoms with Gasteiger partial charge in [0.2, 0.25) is 0 Å². The van der Waals surface area contributed by atoms with Crippen molar-refractivity contribution in [3.05, 3.63) is 53.5 Å². The molecule has 3 N–H and O–H groups in total. The summed E-state index contributed by atoms with van der Waals surface area (Å²) in [4.78, 5) is 14.8. The van der Waals surface area contributed by atoms with Crippen molar-refractivity contribution in [2.45, 2.75) is 59.4 Å². The standard InChI is InChI=1S/C23H34N4O2S/c1-4-7-15-27(16-8-5-2)17-19-13-14-21(29-19)22(28)25-26-23(30)24-20-12-10-9-11-18(20)6-3/h9-14H,4-8,15-17H2,1-3H3,(H,25,28)(H2,24,26,30). The number of rotatable bonds is 11. The highest BCUT2D eigenvalue weighted by Crippen LogP contribution is 2.15. The molecule has 0 aliphatic carbocycles. The van der Waals surface area contributed by atoms with Crippen LogP contribution in [0.25, 0.3) is 0 Å². The van der Waals surface area contributed by atoms with Crippen LogP contribution in [0.3, 0.4) is 0 Å². The van der Waals surface area contributed by atoms with E-state index in [2.05, 4.69) is 41.8 Å².